The van der Waals surface area contributed by atoms with Crippen molar-refractivity contribution >= 4 is 0 Å². The Morgan fingerprint density at radius 2 is 2.38 bits per heavy atom. The molecule has 0 amide bonds. The maximum atomic E-state index is 6.04. The van der Waals surface area contributed by atoms with E-state index in [9.17, 15) is 0 Å². The summed E-state index contributed by atoms with van der Waals surface area (Å²) in [6.07, 6.45) is 7.87. The van der Waals surface area contributed by atoms with Gasteiger partial charge in [0, 0.05) is 24.5 Å². The average molecular weight is 219 g/mol. The van der Waals surface area contributed by atoms with Crippen LogP contribution in [0.5, 0.6) is 0 Å². The third-order valence-corrected chi connectivity index (χ3v) is 2.63. The van der Waals surface area contributed by atoms with Gasteiger partial charge in [0.25, 0.3) is 0 Å². The molecule has 0 fully saturated rings. The van der Waals surface area contributed by atoms with E-state index in [0.29, 0.717) is 6.54 Å². The standard InChI is InChI=1S/C12H17N3O/c1-2-3-12(13)10-5-7-15(8-10)9-11-4-6-14-16-11/h4-8,12H,2-3,9,13H2,1H3. The summed E-state index contributed by atoms with van der Waals surface area (Å²) in [6, 6.07) is 4.07. The summed E-state index contributed by atoms with van der Waals surface area (Å²) >= 11 is 0. The van der Waals surface area contributed by atoms with Gasteiger partial charge in [-0.25, -0.2) is 0 Å². The monoisotopic (exact) mass is 219 g/mol. The first-order valence-electron chi connectivity index (χ1n) is 5.60. The molecular weight excluding hydrogens is 202 g/mol. The quantitative estimate of drug-likeness (QED) is 0.839. The second kappa shape index (κ2) is 4.99. The predicted molar refractivity (Wildman–Crippen MR) is 61.9 cm³/mol. The van der Waals surface area contributed by atoms with Crippen molar-refractivity contribution in [2.75, 3.05) is 0 Å². The van der Waals surface area contributed by atoms with E-state index in [2.05, 4.69) is 28.9 Å². The molecule has 4 heteroatoms. The van der Waals surface area contributed by atoms with E-state index in [1.165, 1.54) is 5.56 Å². The molecule has 0 saturated carbocycles. The molecule has 0 bridgehead atoms. The molecule has 1 unspecified atom stereocenters. The number of rotatable bonds is 5. The van der Waals surface area contributed by atoms with Crippen molar-refractivity contribution in [1.29, 1.82) is 0 Å². The summed E-state index contributed by atoms with van der Waals surface area (Å²) in [4.78, 5) is 0. The van der Waals surface area contributed by atoms with Crippen LogP contribution in [0.3, 0.4) is 0 Å². The fourth-order valence-corrected chi connectivity index (χ4v) is 1.76. The Kier molecular flexibility index (Phi) is 3.41. The van der Waals surface area contributed by atoms with Crippen LogP contribution in [-0.4, -0.2) is 9.72 Å². The van der Waals surface area contributed by atoms with Gasteiger partial charge in [-0.15, -0.1) is 0 Å². The van der Waals surface area contributed by atoms with Gasteiger partial charge < -0.3 is 14.8 Å². The van der Waals surface area contributed by atoms with Crippen molar-refractivity contribution in [3.8, 4) is 0 Å². The smallest absolute Gasteiger partial charge is 0.156 e. The lowest BCUT2D eigenvalue weighted by Crippen LogP contribution is -2.08. The lowest BCUT2D eigenvalue weighted by molar-refractivity contribution is 0.376. The summed E-state index contributed by atoms with van der Waals surface area (Å²) in [5.74, 6) is 0.853. The summed E-state index contributed by atoms with van der Waals surface area (Å²) in [5, 5.41) is 3.68. The van der Waals surface area contributed by atoms with E-state index >= 15 is 0 Å². The Bertz CT molecular complexity index is 419. The van der Waals surface area contributed by atoms with Gasteiger partial charge in [-0.1, -0.05) is 18.5 Å². The molecule has 86 valence electrons. The summed E-state index contributed by atoms with van der Waals surface area (Å²) < 4.78 is 7.11. The second-order valence-corrected chi connectivity index (χ2v) is 3.99. The first-order chi connectivity index (χ1) is 7.79. The minimum atomic E-state index is 0.140. The molecule has 0 aliphatic rings. The fraction of sp³-hybridized carbons (Fsp3) is 0.417. The van der Waals surface area contributed by atoms with Crippen LogP contribution in [0.25, 0.3) is 0 Å². The number of nitrogens with two attached hydrogens (primary N) is 1. The number of hydrogen-bond acceptors (Lipinski definition) is 3. The molecule has 0 aliphatic carbocycles. The number of hydrogen-bond donors (Lipinski definition) is 1. The van der Waals surface area contributed by atoms with Crippen LogP contribution in [-0.2, 0) is 6.54 Å². The maximum absolute atomic E-state index is 6.04. The first-order valence-corrected chi connectivity index (χ1v) is 5.60. The summed E-state index contributed by atoms with van der Waals surface area (Å²) in [6.45, 7) is 2.85. The molecule has 2 heterocycles. The summed E-state index contributed by atoms with van der Waals surface area (Å²) in [7, 11) is 0. The van der Waals surface area contributed by atoms with E-state index in [1.54, 1.807) is 6.20 Å². The zero-order chi connectivity index (χ0) is 11.4. The molecular formula is C12H17N3O. The molecule has 16 heavy (non-hydrogen) atoms. The van der Waals surface area contributed by atoms with Crippen molar-refractivity contribution < 1.29 is 4.52 Å². The van der Waals surface area contributed by atoms with E-state index in [0.717, 1.165) is 18.6 Å². The van der Waals surface area contributed by atoms with E-state index in [-0.39, 0.29) is 6.04 Å². The van der Waals surface area contributed by atoms with Gasteiger partial charge in [0.15, 0.2) is 5.76 Å². The fourth-order valence-electron chi connectivity index (χ4n) is 1.76. The minimum Gasteiger partial charge on any atom is -0.359 e. The van der Waals surface area contributed by atoms with Crippen molar-refractivity contribution in [1.82, 2.24) is 9.72 Å². The average Bonchev–Trinajstić information content (AvgIpc) is 2.90. The van der Waals surface area contributed by atoms with Crippen molar-refractivity contribution in [2.24, 2.45) is 5.73 Å². The molecule has 2 rings (SSSR count). The van der Waals surface area contributed by atoms with Crippen molar-refractivity contribution in [2.45, 2.75) is 32.4 Å². The SMILES string of the molecule is CCCC(N)c1ccn(Cc2ccno2)c1. The third-order valence-electron chi connectivity index (χ3n) is 2.63. The van der Waals surface area contributed by atoms with Crippen LogP contribution in [0.15, 0.2) is 35.2 Å². The van der Waals surface area contributed by atoms with Gasteiger partial charge >= 0.3 is 0 Å². The van der Waals surface area contributed by atoms with Crippen molar-refractivity contribution in [3.05, 3.63) is 42.0 Å². The second-order valence-electron chi connectivity index (χ2n) is 3.99. The molecule has 0 aliphatic heterocycles. The highest BCUT2D eigenvalue weighted by molar-refractivity contribution is 5.15. The lowest BCUT2D eigenvalue weighted by atomic mass is 10.1. The molecule has 2 aromatic heterocycles. The Hall–Kier alpha value is -1.55. The van der Waals surface area contributed by atoms with Gasteiger partial charge in [0.1, 0.15) is 0 Å². The molecule has 1 atom stereocenters. The van der Waals surface area contributed by atoms with Crippen molar-refractivity contribution in [3.63, 3.8) is 0 Å². The van der Waals surface area contributed by atoms with Gasteiger partial charge in [-0.3, -0.25) is 0 Å². The zero-order valence-electron chi connectivity index (χ0n) is 9.47. The molecule has 2 N–H and O–H groups in total. The molecule has 0 aromatic carbocycles. The zero-order valence-corrected chi connectivity index (χ0v) is 9.47. The van der Waals surface area contributed by atoms with Crippen LogP contribution in [0.4, 0.5) is 0 Å². The van der Waals surface area contributed by atoms with Crippen LogP contribution in [0.1, 0.15) is 37.1 Å². The predicted octanol–water partition coefficient (Wildman–Crippen LogP) is 2.32. The van der Waals surface area contributed by atoms with E-state index < -0.39 is 0 Å². The highest BCUT2D eigenvalue weighted by Gasteiger charge is 2.07. The molecule has 0 saturated heterocycles. The first kappa shape index (κ1) is 11.0. The third kappa shape index (κ3) is 2.52. The molecule has 2 aromatic rings. The van der Waals surface area contributed by atoms with Crippen LogP contribution in [0, 0.1) is 0 Å². The number of nitrogens with zero attached hydrogens (tertiary/aromatic N) is 2. The summed E-state index contributed by atoms with van der Waals surface area (Å²) in [5.41, 5.74) is 7.22. The van der Waals surface area contributed by atoms with Gasteiger partial charge in [-0.05, 0) is 18.1 Å². The Morgan fingerprint density at radius 3 is 3.06 bits per heavy atom. The molecule has 4 nitrogen and oxygen atoms in total. The Labute approximate surface area is 95.0 Å². The highest BCUT2D eigenvalue weighted by Crippen LogP contribution is 2.16. The maximum Gasteiger partial charge on any atom is 0.156 e. The largest absolute Gasteiger partial charge is 0.359 e. The van der Waals surface area contributed by atoms with Gasteiger partial charge in [0.2, 0.25) is 0 Å². The van der Waals surface area contributed by atoms with Crippen LogP contribution < -0.4 is 5.73 Å². The lowest BCUT2D eigenvalue weighted by Gasteiger charge is -2.07. The Balaban J connectivity index is 2.02. The van der Waals surface area contributed by atoms with E-state index in [1.807, 2.05) is 12.3 Å². The van der Waals surface area contributed by atoms with Gasteiger partial charge in [0.05, 0.1) is 12.7 Å². The minimum absolute atomic E-state index is 0.140. The Morgan fingerprint density at radius 1 is 1.50 bits per heavy atom. The topological polar surface area (TPSA) is 57.0 Å². The van der Waals surface area contributed by atoms with Crippen LogP contribution in [0.2, 0.25) is 0 Å². The van der Waals surface area contributed by atoms with Crippen LogP contribution >= 0.6 is 0 Å². The van der Waals surface area contributed by atoms with E-state index in [4.69, 9.17) is 10.3 Å². The molecule has 0 spiro atoms. The number of aromatic nitrogens is 2. The van der Waals surface area contributed by atoms with Gasteiger partial charge in [-0.2, -0.15) is 0 Å². The highest BCUT2D eigenvalue weighted by atomic mass is 16.5. The normalized spacial score (nSPS) is 12.9. The molecule has 0 radical (unpaired) electrons.